The van der Waals surface area contributed by atoms with Gasteiger partial charge >= 0.3 is 5.97 Å². The zero-order valence-corrected chi connectivity index (χ0v) is 25.3. The summed E-state index contributed by atoms with van der Waals surface area (Å²) >= 11 is 0. The van der Waals surface area contributed by atoms with Crippen LogP contribution in [0, 0.1) is 11.8 Å². The van der Waals surface area contributed by atoms with Crippen LogP contribution in [-0.4, -0.2) is 51.1 Å². The normalized spacial score (nSPS) is 18.5. The van der Waals surface area contributed by atoms with Gasteiger partial charge < -0.3 is 19.1 Å². The molecule has 32 heavy (non-hydrogen) atoms. The molecule has 0 amide bonds. The number of rotatable bonds is 11. The molecule has 0 saturated heterocycles. The highest BCUT2D eigenvalue weighted by Crippen LogP contribution is 2.41. The van der Waals surface area contributed by atoms with Gasteiger partial charge in [0.2, 0.25) is 0 Å². The van der Waals surface area contributed by atoms with Gasteiger partial charge in [-0.1, -0.05) is 60.1 Å². The fourth-order valence-electron chi connectivity index (χ4n) is 3.07. The van der Waals surface area contributed by atoms with Gasteiger partial charge in [-0.25, -0.2) is 0 Å². The number of hydrogen-bond acceptors (Lipinski definition) is 4. The summed E-state index contributed by atoms with van der Waals surface area (Å²) in [5.41, 5.74) is 1.14. The van der Waals surface area contributed by atoms with Crippen LogP contribution >= 0.6 is 0 Å². The van der Waals surface area contributed by atoms with E-state index in [0.29, 0.717) is 6.42 Å². The summed E-state index contributed by atoms with van der Waals surface area (Å²) in [7, 11) is -4.27. The number of aliphatic hydroxyl groups is 1. The minimum atomic E-state index is -2.23. The van der Waals surface area contributed by atoms with Gasteiger partial charge in [-0.3, -0.25) is 4.79 Å². The second-order valence-electron chi connectivity index (χ2n) is 12.8. The number of carboxylic acids is 1. The number of carbonyl (C=O) groups is 1. The third-order valence-corrected chi connectivity index (χ3v) is 16.5. The lowest BCUT2D eigenvalue weighted by atomic mass is 9.87. The van der Waals surface area contributed by atoms with Crippen LogP contribution in [0.2, 0.25) is 36.3 Å². The number of carboxylic acid groups (broad SMARTS) is 1. The number of aliphatic carboxylic acids is 1. The van der Waals surface area contributed by atoms with Crippen LogP contribution in [0.5, 0.6) is 0 Å². The van der Waals surface area contributed by atoms with Crippen molar-refractivity contribution in [1.82, 2.24) is 0 Å². The molecule has 7 heteroatoms. The van der Waals surface area contributed by atoms with Gasteiger partial charge in [0.1, 0.15) is 0 Å². The summed E-state index contributed by atoms with van der Waals surface area (Å²) < 4.78 is 13.2. The molecule has 5 atom stereocenters. The molecule has 0 bridgehead atoms. The SMILES string of the molecule is CC(C)=C[C@H](C[C@@H](O)[C@H](C)[C@H](O[Si](C)(C)C(C)(C)C)[C@@H](C)C(=O)O)O[Si](C)(C)C(C)(C)C. The lowest BCUT2D eigenvalue weighted by Crippen LogP contribution is -2.51. The molecular weight excluding hydrogens is 436 g/mol. The first kappa shape index (κ1) is 31.5. The fourth-order valence-corrected chi connectivity index (χ4v) is 5.80. The smallest absolute Gasteiger partial charge is 0.308 e. The Hall–Kier alpha value is -0.476. The van der Waals surface area contributed by atoms with Gasteiger partial charge in [-0.2, -0.15) is 0 Å². The third-order valence-electron chi connectivity index (χ3n) is 7.49. The Morgan fingerprint density at radius 3 is 1.66 bits per heavy atom. The Morgan fingerprint density at radius 1 is 0.906 bits per heavy atom. The highest BCUT2D eigenvalue weighted by molar-refractivity contribution is 6.74. The fraction of sp³-hybridized carbons (Fsp3) is 0.880. The van der Waals surface area contributed by atoms with Gasteiger partial charge in [-0.15, -0.1) is 0 Å². The van der Waals surface area contributed by atoms with Crippen molar-refractivity contribution in [3.63, 3.8) is 0 Å². The predicted octanol–water partition coefficient (Wildman–Crippen LogP) is 6.84. The first-order valence-corrected chi connectivity index (χ1v) is 17.8. The zero-order chi connectivity index (χ0) is 25.9. The van der Waals surface area contributed by atoms with E-state index in [1.54, 1.807) is 6.92 Å². The molecule has 0 rings (SSSR count). The molecule has 0 aromatic heterocycles. The number of allylic oxidation sites excluding steroid dienone is 1. The first-order valence-electron chi connectivity index (χ1n) is 11.9. The van der Waals surface area contributed by atoms with E-state index in [0.717, 1.165) is 5.57 Å². The van der Waals surface area contributed by atoms with E-state index in [9.17, 15) is 15.0 Å². The van der Waals surface area contributed by atoms with Crippen LogP contribution in [0.4, 0.5) is 0 Å². The maximum atomic E-state index is 11.9. The van der Waals surface area contributed by atoms with E-state index >= 15 is 0 Å². The van der Waals surface area contributed by atoms with E-state index in [1.165, 1.54) is 0 Å². The molecule has 0 unspecified atom stereocenters. The Kier molecular flexibility index (Phi) is 11.1. The van der Waals surface area contributed by atoms with Crippen LogP contribution in [0.15, 0.2) is 11.6 Å². The Morgan fingerprint density at radius 2 is 1.31 bits per heavy atom. The molecule has 0 heterocycles. The molecule has 0 saturated carbocycles. The van der Waals surface area contributed by atoms with Crippen molar-refractivity contribution in [2.45, 2.75) is 130 Å². The van der Waals surface area contributed by atoms with Crippen molar-refractivity contribution in [3.8, 4) is 0 Å². The minimum absolute atomic E-state index is 0.0514. The topological polar surface area (TPSA) is 76.0 Å². The zero-order valence-electron chi connectivity index (χ0n) is 23.3. The average molecular weight is 489 g/mol. The monoisotopic (exact) mass is 488 g/mol. The lowest BCUT2D eigenvalue weighted by molar-refractivity contribution is -0.146. The highest BCUT2D eigenvalue weighted by atomic mass is 28.4. The quantitative estimate of drug-likeness (QED) is 0.246. The molecule has 5 nitrogen and oxygen atoms in total. The number of aliphatic hydroxyl groups excluding tert-OH is 1. The predicted molar refractivity (Wildman–Crippen MR) is 140 cm³/mol. The van der Waals surface area contributed by atoms with Gasteiger partial charge in [-0.05, 0) is 57.0 Å². The Bertz CT molecular complexity index is 640. The Labute approximate surface area is 200 Å². The molecular formula is C25H52O5Si2. The molecule has 0 aromatic carbocycles. The van der Waals surface area contributed by atoms with Gasteiger partial charge in [0.05, 0.1) is 24.2 Å². The second-order valence-corrected chi connectivity index (χ2v) is 22.3. The summed E-state index contributed by atoms with van der Waals surface area (Å²) in [6.07, 6.45) is 0.983. The van der Waals surface area contributed by atoms with E-state index < -0.39 is 40.7 Å². The molecule has 190 valence electrons. The van der Waals surface area contributed by atoms with Crippen molar-refractivity contribution in [3.05, 3.63) is 11.6 Å². The van der Waals surface area contributed by atoms with E-state index in [4.69, 9.17) is 8.85 Å². The minimum Gasteiger partial charge on any atom is -0.481 e. The van der Waals surface area contributed by atoms with Crippen LogP contribution in [-0.2, 0) is 13.6 Å². The van der Waals surface area contributed by atoms with E-state index in [-0.39, 0.29) is 22.1 Å². The van der Waals surface area contributed by atoms with E-state index in [2.05, 4.69) is 73.8 Å². The molecule has 2 N–H and O–H groups in total. The summed E-state index contributed by atoms with van der Waals surface area (Å²) in [5.74, 6) is -1.95. The second kappa shape index (κ2) is 11.3. The summed E-state index contributed by atoms with van der Waals surface area (Å²) in [5, 5.41) is 21.0. The van der Waals surface area contributed by atoms with Crippen molar-refractivity contribution < 1.29 is 23.9 Å². The maximum absolute atomic E-state index is 11.9. The standard InChI is InChI=1S/C25H52O5Si2/c1-17(2)15-20(29-31(11,12)24(5,6)7)16-21(26)18(3)22(19(4)23(27)28)30-32(13,14)25(8,9)10/h15,18-22,26H,16H2,1-14H3,(H,27,28)/t18-,19+,20+,21+,22-/m0/s1. The summed E-state index contributed by atoms with van der Waals surface area (Å²) in [6.45, 7) is 29.4. The molecule has 0 aliphatic heterocycles. The molecule has 0 aliphatic rings. The Balaban J connectivity index is 5.86. The largest absolute Gasteiger partial charge is 0.481 e. The molecule has 0 aromatic rings. The van der Waals surface area contributed by atoms with Crippen LogP contribution in [0.1, 0.15) is 75.7 Å². The molecule has 0 fully saturated rings. The molecule has 0 radical (unpaired) electrons. The lowest BCUT2D eigenvalue weighted by Gasteiger charge is -2.43. The maximum Gasteiger partial charge on any atom is 0.308 e. The highest BCUT2D eigenvalue weighted by Gasteiger charge is 2.44. The van der Waals surface area contributed by atoms with Gasteiger partial charge in [0.15, 0.2) is 16.6 Å². The van der Waals surface area contributed by atoms with E-state index in [1.807, 2.05) is 20.8 Å². The van der Waals surface area contributed by atoms with Gasteiger partial charge in [0, 0.05) is 12.3 Å². The van der Waals surface area contributed by atoms with Crippen LogP contribution in [0.3, 0.4) is 0 Å². The average Bonchev–Trinajstić information content (AvgIpc) is 2.55. The van der Waals surface area contributed by atoms with Crippen LogP contribution in [0.25, 0.3) is 0 Å². The van der Waals surface area contributed by atoms with Gasteiger partial charge in [0.25, 0.3) is 0 Å². The third kappa shape index (κ3) is 9.05. The van der Waals surface area contributed by atoms with Crippen LogP contribution < -0.4 is 0 Å². The summed E-state index contributed by atoms with van der Waals surface area (Å²) in [4.78, 5) is 11.9. The number of hydrogen-bond donors (Lipinski definition) is 2. The van der Waals surface area contributed by atoms with Crippen molar-refractivity contribution in [1.29, 1.82) is 0 Å². The molecule has 0 spiro atoms. The first-order chi connectivity index (χ1) is 14.0. The van der Waals surface area contributed by atoms with Crippen molar-refractivity contribution in [2.24, 2.45) is 11.8 Å². The molecule has 0 aliphatic carbocycles. The summed E-state index contributed by atoms with van der Waals surface area (Å²) in [6, 6.07) is 0. The van der Waals surface area contributed by atoms with Crippen molar-refractivity contribution >= 4 is 22.6 Å². The van der Waals surface area contributed by atoms with Crippen molar-refractivity contribution in [2.75, 3.05) is 0 Å².